The van der Waals surface area contributed by atoms with Crippen LogP contribution in [0.4, 0.5) is 11.4 Å². The van der Waals surface area contributed by atoms with Gasteiger partial charge in [-0.2, -0.15) is 0 Å². The Balaban J connectivity index is 2.27. The van der Waals surface area contributed by atoms with E-state index in [0.29, 0.717) is 5.56 Å². The summed E-state index contributed by atoms with van der Waals surface area (Å²) in [5.74, 6) is -0.0638. The van der Waals surface area contributed by atoms with Crippen LogP contribution in [-0.2, 0) is 0 Å². The Bertz CT molecular complexity index is 423. The summed E-state index contributed by atoms with van der Waals surface area (Å²) < 4.78 is 0. The molecule has 0 bridgehead atoms. The number of hydrogen-bond donors (Lipinski definition) is 2. The monoisotopic (exact) mass is 247 g/mol. The van der Waals surface area contributed by atoms with Crippen LogP contribution in [0.15, 0.2) is 18.2 Å². The second kappa shape index (κ2) is 5.76. The molecule has 1 aliphatic heterocycles. The highest BCUT2D eigenvalue weighted by atomic mass is 16.1. The van der Waals surface area contributed by atoms with Crippen molar-refractivity contribution in [1.29, 1.82) is 0 Å². The number of nitrogen functional groups attached to an aromatic ring is 1. The van der Waals surface area contributed by atoms with Gasteiger partial charge in [-0.25, -0.2) is 0 Å². The lowest BCUT2D eigenvalue weighted by atomic mass is 10.1. The average Bonchev–Trinajstić information content (AvgIpc) is 2.67. The SMILES string of the molecule is CNC(=O)c1ccc(N)c(N2CCCCCC2)c1. The van der Waals surface area contributed by atoms with Crippen LogP contribution in [-0.4, -0.2) is 26.0 Å². The maximum atomic E-state index is 11.7. The van der Waals surface area contributed by atoms with Gasteiger partial charge in [-0.05, 0) is 31.0 Å². The second-order valence-corrected chi connectivity index (χ2v) is 4.75. The number of rotatable bonds is 2. The molecule has 4 nitrogen and oxygen atoms in total. The zero-order chi connectivity index (χ0) is 13.0. The predicted octanol–water partition coefficient (Wildman–Crippen LogP) is 2.01. The molecule has 0 aliphatic carbocycles. The lowest BCUT2D eigenvalue weighted by molar-refractivity contribution is 0.0963. The number of nitrogens with one attached hydrogen (secondary N) is 1. The number of hydrogen-bond acceptors (Lipinski definition) is 3. The first kappa shape index (κ1) is 12.7. The van der Waals surface area contributed by atoms with Crippen LogP contribution in [0.5, 0.6) is 0 Å². The van der Waals surface area contributed by atoms with E-state index in [-0.39, 0.29) is 5.91 Å². The molecule has 1 heterocycles. The first-order valence-electron chi connectivity index (χ1n) is 6.59. The third-order valence-corrected chi connectivity index (χ3v) is 3.47. The number of nitrogens with zero attached hydrogens (tertiary/aromatic N) is 1. The quantitative estimate of drug-likeness (QED) is 0.786. The van der Waals surface area contributed by atoms with E-state index in [2.05, 4.69) is 10.2 Å². The number of amides is 1. The van der Waals surface area contributed by atoms with Crippen molar-refractivity contribution in [2.24, 2.45) is 0 Å². The van der Waals surface area contributed by atoms with Gasteiger partial charge >= 0.3 is 0 Å². The van der Waals surface area contributed by atoms with E-state index in [1.54, 1.807) is 13.1 Å². The summed E-state index contributed by atoms with van der Waals surface area (Å²) in [5.41, 5.74) is 8.46. The average molecular weight is 247 g/mol. The molecular formula is C14H21N3O. The maximum Gasteiger partial charge on any atom is 0.251 e. The summed E-state index contributed by atoms with van der Waals surface area (Å²) in [5, 5.41) is 2.64. The van der Waals surface area contributed by atoms with Gasteiger partial charge < -0.3 is 16.0 Å². The molecule has 98 valence electrons. The molecule has 0 aromatic heterocycles. The number of carbonyl (C=O) groups excluding carboxylic acids is 1. The molecule has 0 unspecified atom stereocenters. The standard InChI is InChI=1S/C14H21N3O/c1-16-14(18)11-6-7-12(15)13(10-11)17-8-4-2-3-5-9-17/h6-7,10H,2-5,8-9,15H2,1H3,(H,16,18). The molecule has 1 fully saturated rings. The van der Waals surface area contributed by atoms with Crippen molar-refractivity contribution in [2.75, 3.05) is 30.8 Å². The highest BCUT2D eigenvalue weighted by molar-refractivity contribution is 5.96. The van der Waals surface area contributed by atoms with Gasteiger partial charge in [-0.1, -0.05) is 12.8 Å². The normalized spacial score (nSPS) is 16.2. The fourth-order valence-electron chi connectivity index (χ4n) is 2.41. The molecule has 0 saturated carbocycles. The highest BCUT2D eigenvalue weighted by Gasteiger charge is 2.14. The summed E-state index contributed by atoms with van der Waals surface area (Å²) in [4.78, 5) is 14.0. The van der Waals surface area contributed by atoms with Crippen molar-refractivity contribution >= 4 is 17.3 Å². The zero-order valence-electron chi connectivity index (χ0n) is 10.9. The van der Waals surface area contributed by atoms with E-state index in [4.69, 9.17) is 5.73 Å². The summed E-state index contributed by atoms with van der Waals surface area (Å²) in [6, 6.07) is 5.50. The largest absolute Gasteiger partial charge is 0.397 e. The molecule has 0 atom stereocenters. The van der Waals surface area contributed by atoms with E-state index >= 15 is 0 Å². The molecule has 1 saturated heterocycles. The van der Waals surface area contributed by atoms with Crippen LogP contribution in [0.1, 0.15) is 36.0 Å². The third kappa shape index (κ3) is 2.75. The van der Waals surface area contributed by atoms with Crippen LogP contribution >= 0.6 is 0 Å². The Morgan fingerprint density at radius 1 is 1.22 bits per heavy atom. The smallest absolute Gasteiger partial charge is 0.251 e. The number of nitrogens with two attached hydrogens (primary N) is 1. The van der Waals surface area contributed by atoms with Gasteiger partial charge in [0.05, 0.1) is 11.4 Å². The Kier molecular flexibility index (Phi) is 4.07. The van der Waals surface area contributed by atoms with Crippen molar-refractivity contribution in [3.63, 3.8) is 0 Å². The second-order valence-electron chi connectivity index (χ2n) is 4.75. The molecular weight excluding hydrogens is 226 g/mol. The van der Waals surface area contributed by atoms with E-state index in [9.17, 15) is 4.79 Å². The molecule has 0 spiro atoms. The van der Waals surface area contributed by atoms with Gasteiger partial charge in [-0.3, -0.25) is 4.79 Å². The summed E-state index contributed by atoms with van der Waals surface area (Å²) in [6.45, 7) is 2.06. The van der Waals surface area contributed by atoms with Crippen LogP contribution in [0, 0.1) is 0 Å². The van der Waals surface area contributed by atoms with Crippen molar-refractivity contribution < 1.29 is 4.79 Å². The molecule has 1 aromatic rings. The molecule has 1 amide bonds. The fraction of sp³-hybridized carbons (Fsp3) is 0.500. The molecule has 3 N–H and O–H groups in total. The Labute approximate surface area is 108 Å². The van der Waals surface area contributed by atoms with Crippen molar-refractivity contribution in [3.8, 4) is 0 Å². The van der Waals surface area contributed by atoms with E-state index in [1.165, 1.54) is 25.7 Å². The van der Waals surface area contributed by atoms with Crippen LogP contribution in [0.25, 0.3) is 0 Å². The minimum absolute atomic E-state index is 0.0638. The zero-order valence-corrected chi connectivity index (χ0v) is 10.9. The molecule has 1 aliphatic rings. The summed E-state index contributed by atoms with van der Waals surface area (Å²) in [6.07, 6.45) is 4.96. The number of anilines is 2. The van der Waals surface area contributed by atoms with Crippen LogP contribution < -0.4 is 16.0 Å². The summed E-state index contributed by atoms with van der Waals surface area (Å²) >= 11 is 0. The molecule has 4 heteroatoms. The molecule has 2 rings (SSSR count). The molecule has 18 heavy (non-hydrogen) atoms. The van der Waals surface area contributed by atoms with Gasteiger partial charge in [0.25, 0.3) is 5.91 Å². The van der Waals surface area contributed by atoms with E-state index in [1.807, 2.05) is 12.1 Å². The predicted molar refractivity (Wildman–Crippen MR) is 74.9 cm³/mol. The van der Waals surface area contributed by atoms with Crippen molar-refractivity contribution in [3.05, 3.63) is 23.8 Å². The fourth-order valence-corrected chi connectivity index (χ4v) is 2.41. The molecule has 1 aromatic carbocycles. The molecule has 0 radical (unpaired) electrons. The van der Waals surface area contributed by atoms with Gasteiger partial charge in [0.15, 0.2) is 0 Å². The van der Waals surface area contributed by atoms with Crippen molar-refractivity contribution in [1.82, 2.24) is 5.32 Å². The first-order valence-corrected chi connectivity index (χ1v) is 6.59. The maximum absolute atomic E-state index is 11.7. The Morgan fingerprint density at radius 3 is 2.50 bits per heavy atom. The lowest BCUT2D eigenvalue weighted by Gasteiger charge is -2.24. The first-order chi connectivity index (χ1) is 8.72. The van der Waals surface area contributed by atoms with Crippen LogP contribution in [0.2, 0.25) is 0 Å². The van der Waals surface area contributed by atoms with Crippen LogP contribution in [0.3, 0.4) is 0 Å². The summed E-state index contributed by atoms with van der Waals surface area (Å²) in [7, 11) is 1.64. The Hall–Kier alpha value is -1.71. The van der Waals surface area contributed by atoms with E-state index < -0.39 is 0 Å². The van der Waals surface area contributed by atoms with Gasteiger partial charge in [-0.15, -0.1) is 0 Å². The lowest BCUT2D eigenvalue weighted by Crippen LogP contribution is -2.26. The van der Waals surface area contributed by atoms with Gasteiger partial charge in [0.1, 0.15) is 0 Å². The number of carbonyl (C=O) groups is 1. The van der Waals surface area contributed by atoms with E-state index in [0.717, 1.165) is 24.5 Å². The third-order valence-electron chi connectivity index (χ3n) is 3.47. The Morgan fingerprint density at radius 2 is 1.89 bits per heavy atom. The van der Waals surface area contributed by atoms with Crippen molar-refractivity contribution in [2.45, 2.75) is 25.7 Å². The minimum atomic E-state index is -0.0638. The van der Waals surface area contributed by atoms with Gasteiger partial charge in [0.2, 0.25) is 0 Å². The highest BCUT2D eigenvalue weighted by Crippen LogP contribution is 2.27. The van der Waals surface area contributed by atoms with Gasteiger partial charge in [0, 0.05) is 25.7 Å². The number of benzene rings is 1. The topological polar surface area (TPSA) is 58.4 Å². The minimum Gasteiger partial charge on any atom is -0.397 e.